The number of hydrogen-bond acceptors (Lipinski definition) is 11. The molecule has 3 aliphatic heterocycles. The summed E-state index contributed by atoms with van der Waals surface area (Å²) in [5, 5.41) is 27.3. The number of Topliss-reactive ketones (excluding diaryl/α,β-unsaturated/α-hetero) is 2. The van der Waals surface area contributed by atoms with E-state index in [9.17, 15) is 29.4 Å². The van der Waals surface area contributed by atoms with E-state index < -0.39 is 40.1 Å². The van der Waals surface area contributed by atoms with Crippen molar-refractivity contribution < 1.29 is 43.6 Å². The van der Waals surface area contributed by atoms with Gasteiger partial charge in [-0.2, -0.15) is 0 Å². The SMILES string of the molecule is Cc1cc(CC(=O)Oc2ccc(C)c3c2O[C@H]2C(=O)CC[C@@]4(O)[C@@H](C)N(CC5CC5)CC[C@]324)c2cc(C)cc(CC(=O)Oc3ccc4c5c3C[C@H]3C(=O)CC[C@@]6(O)[C@@H](C4)N(CC4CC4)CC[C@]536)c2c1. The summed E-state index contributed by atoms with van der Waals surface area (Å²) in [6, 6.07) is 15.5. The predicted molar refractivity (Wildman–Crippen MR) is 258 cm³/mol. The number of aliphatic hydroxyl groups is 2. The monoisotopic (exact) mass is 932 g/mol. The first-order valence-corrected chi connectivity index (χ1v) is 26.0. The Labute approximate surface area is 403 Å². The fourth-order valence-electron chi connectivity index (χ4n) is 15.8. The molecule has 2 spiro atoms. The molecule has 6 aliphatic carbocycles. The maximum Gasteiger partial charge on any atom is 0.315 e. The summed E-state index contributed by atoms with van der Waals surface area (Å²) in [6.45, 7) is 11.6. The molecule has 6 fully saturated rings. The number of rotatable bonds is 10. The molecule has 2 N–H and O–H groups in total. The fraction of sp³-hybridized carbons (Fsp3) is 0.552. The Hall–Kier alpha value is -4.94. The minimum absolute atomic E-state index is 0.00449. The number of fused-ring (bicyclic) bond motifs is 2. The minimum Gasteiger partial charge on any atom is -0.477 e. The Kier molecular flexibility index (Phi) is 9.75. The first kappa shape index (κ1) is 44.0. The molecule has 0 amide bonds. The average molecular weight is 933 g/mol. The number of hydrogen-bond donors (Lipinski definition) is 2. The van der Waals surface area contributed by atoms with Crippen molar-refractivity contribution >= 4 is 34.3 Å². The average Bonchev–Trinajstić information content (AvgIpc) is 4.24. The van der Waals surface area contributed by atoms with E-state index in [4.69, 9.17) is 14.2 Å². The Morgan fingerprint density at radius 1 is 0.696 bits per heavy atom. The molecule has 13 rings (SSSR count). The second kappa shape index (κ2) is 15.3. The van der Waals surface area contributed by atoms with E-state index >= 15 is 0 Å². The van der Waals surface area contributed by atoms with Gasteiger partial charge < -0.3 is 24.4 Å². The molecule has 2 bridgehead atoms. The zero-order chi connectivity index (χ0) is 47.5. The van der Waals surface area contributed by atoms with Gasteiger partial charge in [0.25, 0.3) is 0 Å². The fourth-order valence-corrected chi connectivity index (χ4v) is 15.8. The van der Waals surface area contributed by atoms with E-state index in [0.29, 0.717) is 55.4 Å². The van der Waals surface area contributed by atoms with Gasteiger partial charge in [0.1, 0.15) is 11.5 Å². The van der Waals surface area contributed by atoms with Crippen molar-refractivity contribution in [2.75, 3.05) is 26.2 Å². The van der Waals surface area contributed by atoms with Crippen molar-refractivity contribution in [3.8, 4) is 17.2 Å². The Balaban J connectivity index is 0.769. The topological polar surface area (TPSA) is 143 Å². The zero-order valence-corrected chi connectivity index (χ0v) is 40.5. The molecular weight excluding hydrogens is 869 g/mol. The molecule has 360 valence electrons. The van der Waals surface area contributed by atoms with Crippen LogP contribution >= 0.6 is 0 Å². The number of esters is 2. The number of aryl methyl sites for hydroxylation is 3. The van der Waals surface area contributed by atoms with Gasteiger partial charge in [-0.3, -0.25) is 29.0 Å². The second-order valence-electron chi connectivity index (χ2n) is 23.2. The van der Waals surface area contributed by atoms with Gasteiger partial charge in [-0.25, -0.2) is 0 Å². The second-order valence-corrected chi connectivity index (χ2v) is 23.2. The lowest BCUT2D eigenvalue weighted by molar-refractivity contribution is -0.184. The molecule has 0 radical (unpaired) electrons. The van der Waals surface area contributed by atoms with Crippen LogP contribution in [0.4, 0.5) is 0 Å². The Bertz CT molecular complexity index is 2940. The largest absolute Gasteiger partial charge is 0.477 e. The number of ether oxygens (including phenoxy) is 3. The van der Waals surface area contributed by atoms with Crippen molar-refractivity contribution in [3.63, 3.8) is 0 Å². The van der Waals surface area contributed by atoms with Crippen molar-refractivity contribution in [2.24, 2.45) is 17.8 Å². The number of carbonyl (C=O) groups is 4. The molecule has 0 aromatic heterocycles. The van der Waals surface area contributed by atoms with Crippen LogP contribution in [0.15, 0.2) is 48.5 Å². The molecule has 11 heteroatoms. The highest BCUT2D eigenvalue weighted by atomic mass is 16.6. The molecule has 4 saturated carbocycles. The standard InChI is InChI=1S/C58H64N2O9/c1-31-21-38(26-49(63)67-46-12-10-37-25-48-58(66)16-13-44(61)43-28-42(46)52(37)55(43,58)17-20-60(48)30-36-8-9-36)40-23-32(2)22-39(41(40)24-31)27-50(64)68-47-11-5-33(3)51-53(47)69-54-45(62)14-15-57(65)34(4)59(29-35-6-7-35)19-18-56(51,54)57/h5,10-12,21-24,34-36,43,48,54,65-66H,6-9,13-20,25-30H2,1-4H3/t34-,43+,48-,54+,55-,56+,57-,58-/m1/s1. The summed E-state index contributed by atoms with van der Waals surface area (Å²) >= 11 is 0. The zero-order valence-electron chi connectivity index (χ0n) is 40.5. The van der Waals surface area contributed by atoms with Crippen molar-refractivity contribution in [3.05, 3.63) is 98.6 Å². The number of piperidine rings is 2. The first-order valence-electron chi connectivity index (χ1n) is 26.0. The third kappa shape index (κ3) is 6.31. The maximum absolute atomic E-state index is 14.2. The van der Waals surface area contributed by atoms with Crippen LogP contribution in [-0.2, 0) is 55.7 Å². The molecule has 0 unspecified atom stereocenters. The molecular formula is C58H64N2O9. The minimum atomic E-state index is -1.19. The molecule has 4 aromatic rings. The molecule has 3 heterocycles. The highest BCUT2D eigenvalue weighted by molar-refractivity contribution is 5.95. The summed E-state index contributed by atoms with van der Waals surface area (Å²) in [5.74, 6) is 1.46. The Morgan fingerprint density at radius 3 is 1.97 bits per heavy atom. The van der Waals surface area contributed by atoms with E-state index in [1.807, 2.05) is 57.2 Å². The van der Waals surface area contributed by atoms with Gasteiger partial charge in [0.2, 0.25) is 0 Å². The molecule has 11 nitrogen and oxygen atoms in total. The van der Waals surface area contributed by atoms with Gasteiger partial charge in [0.05, 0.1) is 29.5 Å². The number of carbonyl (C=O) groups excluding carboxylic acids is 4. The van der Waals surface area contributed by atoms with Crippen LogP contribution < -0.4 is 14.2 Å². The third-order valence-electron chi connectivity index (χ3n) is 19.3. The lowest BCUT2D eigenvalue weighted by Crippen LogP contribution is -2.75. The van der Waals surface area contributed by atoms with E-state index in [2.05, 4.69) is 22.8 Å². The smallest absolute Gasteiger partial charge is 0.315 e. The van der Waals surface area contributed by atoms with Crippen molar-refractivity contribution in [1.82, 2.24) is 9.80 Å². The molecule has 9 aliphatic rings. The predicted octanol–water partition coefficient (Wildman–Crippen LogP) is 7.20. The highest BCUT2D eigenvalue weighted by Crippen LogP contribution is 2.66. The highest BCUT2D eigenvalue weighted by Gasteiger charge is 2.72. The van der Waals surface area contributed by atoms with Crippen LogP contribution in [0.1, 0.15) is 121 Å². The summed E-state index contributed by atoms with van der Waals surface area (Å²) < 4.78 is 19.2. The summed E-state index contributed by atoms with van der Waals surface area (Å²) in [6.07, 6.45) is 8.01. The number of ketones is 2. The van der Waals surface area contributed by atoms with E-state index in [1.165, 1.54) is 31.2 Å². The molecule has 2 saturated heterocycles. The van der Waals surface area contributed by atoms with E-state index in [1.54, 1.807) is 6.07 Å². The molecule has 69 heavy (non-hydrogen) atoms. The number of benzene rings is 4. The van der Waals surface area contributed by atoms with E-state index in [-0.39, 0.29) is 54.6 Å². The lowest BCUT2D eigenvalue weighted by atomic mass is 9.48. The van der Waals surface area contributed by atoms with Gasteiger partial charge >= 0.3 is 11.9 Å². The van der Waals surface area contributed by atoms with Crippen LogP contribution in [-0.4, -0.2) is 99.1 Å². The first-order chi connectivity index (χ1) is 33.1. The quantitative estimate of drug-likeness (QED) is 0.123. The van der Waals surface area contributed by atoms with Crippen molar-refractivity contribution in [1.29, 1.82) is 0 Å². The van der Waals surface area contributed by atoms with Crippen LogP contribution in [0.5, 0.6) is 17.2 Å². The maximum atomic E-state index is 14.2. The van der Waals surface area contributed by atoms with Crippen LogP contribution in [0.2, 0.25) is 0 Å². The summed E-state index contributed by atoms with van der Waals surface area (Å²) in [5.41, 5.74) is 4.47. The van der Waals surface area contributed by atoms with Crippen LogP contribution in [0.3, 0.4) is 0 Å². The molecule has 4 aromatic carbocycles. The Morgan fingerprint density at radius 2 is 1.29 bits per heavy atom. The van der Waals surface area contributed by atoms with Crippen LogP contribution in [0, 0.1) is 38.5 Å². The van der Waals surface area contributed by atoms with Gasteiger partial charge in [-0.1, -0.05) is 47.5 Å². The number of likely N-dealkylation sites (tertiary alicyclic amines) is 2. The summed E-state index contributed by atoms with van der Waals surface area (Å²) in [7, 11) is 0. The van der Waals surface area contributed by atoms with Gasteiger partial charge in [-0.15, -0.1) is 0 Å². The normalized spacial score (nSPS) is 33.1. The molecule has 8 atom stereocenters. The summed E-state index contributed by atoms with van der Waals surface area (Å²) in [4.78, 5) is 60.9. The lowest BCUT2D eigenvalue weighted by Gasteiger charge is -2.64. The van der Waals surface area contributed by atoms with Gasteiger partial charge in [-0.05, 0) is 173 Å². The number of nitrogens with zero attached hydrogens (tertiary/aromatic N) is 2. The van der Waals surface area contributed by atoms with Crippen molar-refractivity contribution in [2.45, 2.75) is 158 Å². The van der Waals surface area contributed by atoms with Gasteiger partial charge in [0, 0.05) is 54.9 Å². The van der Waals surface area contributed by atoms with Crippen LogP contribution in [0.25, 0.3) is 10.8 Å². The van der Waals surface area contributed by atoms with Gasteiger partial charge in [0.15, 0.2) is 23.4 Å². The van der Waals surface area contributed by atoms with E-state index in [0.717, 1.165) is 94.3 Å². The third-order valence-corrected chi connectivity index (χ3v) is 19.3.